The highest BCUT2D eigenvalue weighted by molar-refractivity contribution is 5.69. The second kappa shape index (κ2) is 5.36. The van der Waals surface area contributed by atoms with Crippen LogP contribution in [0.25, 0.3) is 0 Å². The van der Waals surface area contributed by atoms with E-state index in [1.54, 1.807) is 0 Å². The lowest BCUT2D eigenvalue weighted by Gasteiger charge is -2.56. The van der Waals surface area contributed by atoms with Crippen LogP contribution in [0.4, 0.5) is 4.39 Å². The molecule has 2 atom stereocenters. The number of hydrogen-bond acceptors (Lipinski definition) is 2. The fraction of sp³-hybridized carbons (Fsp3) is 0.632. The minimum Gasteiger partial charge on any atom is -0.461 e. The monoisotopic (exact) mass is 302 g/mol. The third-order valence-electron chi connectivity index (χ3n) is 6.04. The van der Waals surface area contributed by atoms with Crippen molar-refractivity contribution >= 4 is 5.97 Å². The van der Waals surface area contributed by atoms with Crippen molar-refractivity contribution < 1.29 is 13.9 Å². The Kier molecular flexibility index (Phi) is 3.47. The first-order valence-electron chi connectivity index (χ1n) is 8.50. The van der Waals surface area contributed by atoms with Gasteiger partial charge in [-0.2, -0.15) is 0 Å². The van der Waals surface area contributed by atoms with Gasteiger partial charge in [-0.3, -0.25) is 4.79 Å². The van der Waals surface area contributed by atoms with Gasteiger partial charge < -0.3 is 4.74 Å². The summed E-state index contributed by atoms with van der Waals surface area (Å²) in [6.45, 7) is 0.345. The minimum absolute atomic E-state index is 0.116. The van der Waals surface area contributed by atoms with Gasteiger partial charge in [0.15, 0.2) is 0 Å². The van der Waals surface area contributed by atoms with Gasteiger partial charge in [-0.05, 0) is 61.3 Å². The van der Waals surface area contributed by atoms with Crippen molar-refractivity contribution in [2.45, 2.75) is 50.8 Å². The lowest BCUT2D eigenvalue weighted by molar-refractivity contribution is -0.154. The van der Waals surface area contributed by atoms with Gasteiger partial charge in [-0.25, -0.2) is 4.39 Å². The fourth-order valence-corrected chi connectivity index (χ4v) is 5.35. The topological polar surface area (TPSA) is 26.3 Å². The number of alkyl halides is 1. The number of halogens is 1. The van der Waals surface area contributed by atoms with Crippen LogP contribution >= 0.6 is 0 Å². The van der Waals surface area contributed by atoms with Gasteiger partial charge in [0.2, 0.25) is 0 Å². The molecule has 2 nitrogen and oxygen atoms in total. The Morgan fingerprint density at radius 1 is 1.14 bits per heavy atom. The maximum absolute atomic E-state index is 14.6. The molecule has 0 spiro atoms. The average Bonchev–Trinajstić information content (AvgIpc) is 2.48. The molecule has 0 heterocycles. The molecule has 4 aliphatic rings. The smallest absolute Gasteiger partial charge is 0.306 e. The highest BCUT2D eigenvalue weighted by Crippen LogP contribution is 2.60. The average molecular weight is 302 g/mol. The number of ether oxygens (including phenoxy) is 1. The van der Waals surface area contributed by atoms with Crippen LogP contribution in [0.1, 0.15) is 44.1 Å². The van der Waals surface area contributed by atoms with Crippen LogP contribution in [0.3, 0.4) is 0 Å². The van der Waals surface area contributed by atoms with Crippen molar-refractivity contribution in [2.24, 2.45) is 23.7 Å². The van der Waals surface area contributed by atoms with E-state index in [0.717, 1.165) is 24.8 Å². The summed E-state index contributed by atoms with van der Waals surface area (Å²) in [5.41, 5.74) is 0.102. The summed E-state index contributed by atoms with van der Waals surface area (Å²) in [7, 11) is 0. The maximum Gasteiger partial charge on any atom is 0.306 e. The summed E-state index contributed by atoms with van der Waals surface area (Å²) in [6, 6.07) is 9.77. The molecule has 0 saturated heterocycles. The normalized spacial score (nSPS) is 39.0. The van der Waals surface area contributed by atoms with Gasteiger partial charge in [0.05, 0.1) is 0 Å². The van der Waals surface area contributed by atoms with E-state index in [4.69, 9.17) is 4.74 Å². The summed E-state index contributed by atoms with van der Waals surface area (Å²) in [6.07, 6.45) is 4.85. The van der Waals surface area contributed by atoms with Crippen LogP contribution in [-0.4, -0.2) is 11.6 Å². The Bertz CT molecular complexity index is 540. The summed E-state index contributed by atoms with van der Waals surface area (Å²) in [5, 5.41) is 0. The van der Waals surface area contributed by atoms with Crippen molar-refractivity contribution in [3.8, 4) is 0 Å². The standard InChI is InChI=1S/C19H23FO2/c20-19-9-14-6-15(10-19)17(16(7-14)11-19)8-18(21)22-12-13-4-2-1-3-5-13/h1-5,14-17H,6-12H2. The lowest BCUT2D eigenvalue weighted by atomic mass is 9.50. The molecule has 3 heteroatoms. The van der Waals surface area contributed by atoms with E-state index in [1.807, 2.05) is 30.3 Å². The number of carbonyl (C=O) groups excluding carboxylic acids is 1. The number of carbonyl (C=O) groups is 1. The van der Waals surface area contributed by atoms with E-state index in [9.17, 15) is 9.18 Å². The molecule has 118 valence electrons. The molecule has 2 unspecified atom stereocenters. The third kappa shape index (κ3) is 2.66. The van der Waals surface area contributed by atoms with Crippen LogP contribution in [0.5, 0.6) is 0 Å². The molecule has 22 heavy (non-hydrogen) atoms. The summed E-state index contributed by atoms with van der Waals surface area (Å²) in [5.74, 6) is 1.61. The highest BCUT2D eigenvalue weighted by Gasteiger charge is 2.56. The van der Waals surface area contributed by atoms with Crippen LogP contribution < -0.4 is 0 Å². The van der Waals surface area contributed by atoms with Gasteiger partial charge >= 0.3 is 5.97 Å². The highest BCUT2D eigenvalue weighted by atomic mass is 19.1. The Labute approximate surface area is 131 Å². The van der Waals surface area contributed by atoms with Crippen molar-refractivity contribution in [2.75, 3.05) is 0 Å². The SMILES string of the molecule is O=C(CC1C2CC3CC1CC(F)(C3)C2)OCc1ccccc1. The van der Waals surface area contributed by atoms with Gasteiger partial charge in [0.25, 0.3) is 0 Å². The number of rotatable bonds is 4. The summed E-state index contributed by atoms with van der Waals surface area (Å²) in [4.78, 5) is 12.2. The molecule has 4 bridgehead atoms. The van der Waals surface area contributed by atoms with Crippen LogP contribution in [0, 0.1) is 23.7 Å². The van der Waals surface area contributed by atoms with E-state index >= 15 is 0 Å². The van der Waals surface area contributed by atoms with Gasteiger partial charge in [-0.1, -0.05) is 30.3 Å². The van der Waals surface area contributed by atoms with E-state index < -0.39 is 5.67 Å². The fourth-order valence-electron chi connectivity index (χ4n) is 5.35. The van der Waals surface area contributed by atoms with Crippen LogP contribution in [-0.2, 0) is 16.1 Å². The molecule has 5 rings (SSSR count). The van der Waals surface area contributed by atoms with E-state index in [1.165, 1.54) is 0 Å². The molecule has 0 aromatic heterocycles. The molecular weight excluding hydrogens is 279 g/mol. The molecule has 4 fully saturated rings. The predicted molar refractivity (Wildman–Crippen MR) is 81.7 cm³/mol. The minimum atomic E-state index is -0.916. The Morgan fingerprint density at radius 2 is 1.82 bits per heavy atom. The molecule has 0 N–H and O–H groups in total. The molecule has 0 amide bonds. The first kappa shape index (κ1) is 14.2. The quantitative estimate of drug-likeness (QED) is 0.776. The molecular formula is C19H23FO2. The zero-order valence-corrected chi connectivity index (χ0v) is 12.8. The summed E-state index contributed by atoms with van der Waals surface area (Å²) < 4.78 is 20.1. The second-order valence-electron chi connectivity index (χ2n) is 7.64. The predicted octanol–water partition coefficient (Wildman–Crippen LogP) is 4.28. The van der Waals surface area contributed by atoms with Crippen molar-refractivity contribution in [3.63, 3.8) is 0 Å². The second-order valence-corrected chi connectivity index (χ2v) is 7.64. The van der Waals surface area contributed by atoms with Gasteiger partial charge in [0, 0.05) is 6.42 Å². The van der Waals surface area contributed by atoms with Gasteiger partial charge in [-0.15, -0.1) is 0 Å². The first-order chi connectivity index (χ1) is 10.6. The van der Waals surface area contributed by atoms with Crippen molar-refractivity contribution in [3.05, 3.63) is 35.9 Å². The molecule has 1 aromatic carbocycles. The van der Waals surface area contributed by atoms with Crippen LogP contribution in [0.15, 0.2) is 30.3 Å². The lowest BCUT2D eigenvalue weighted by Crippen LogP contribution is -2.52. The Morgan fingerprint density at radius 3 is 2.45 bits per heavy atom. The van der Waals surface area contributed by atoms with E-state index in [2.05, 4.69) is 0 Å². The molecule has 4 aliphatic carbocycles. The molecule has 1 aromatic rings. The number of hydrogen-bond donors (Lipinski definition) is 0. The maximum atomic E-state index is 14.6. The summed E-state index contributed by atoms with van der Waals surface area (Å²) >= 11 is 0. The van der Waals surface area contributed by atoms with Crippen LogP contribution in [0.2, 0.25) is 0 Å². The van der Waals surface area contributed by atoms with Crippen molar-refractivity contribution in [1.29, 1.82) is 0 Å². The van der Waals surface area contributed by atoms with E-state index in [-0.39, 0.29) is 5.97 Å². The Hall–Kier alpha value is -1.38. The number of benzene rings is 1. The molecule has 4 saturated carbocycles. The zero-order valence-electron chi connectivity index (χ0n) is 12.8. The first-order valence-corrected chi connectivity index (χ1v) is 8.50. The molecule has 0 aliphatic heterocycles. The largest absolute Gasteiger partial charge is 0.461 e. The Balaban J connectivity index is 1.35. The molecule has 0 radical (unpaired) electrons. The van der Waals surface area contributed by atoms with E-state index in [0.29, 0.717) is 49.5 Å². The third-order valence-corrected chi connectivity index (χ3v) is 6.04. The van der Waals surface area contributed by atoms with Gasteiger partial charge in [0.1, 0.15) is 12.3 Å². The van der Waals surface area contributed by atoms with Crippen molar-refractivity contribution in [1.82, 2.24) is 0 Å². The zero-order chi connectivity index (χ0) is 15.2. The number of esters is 1.